The van der Waals surface area contributed by atoms with E-state index in [2.05, 4.69) is 15.2 Å². The van der Waals surface area contributed by atoms with E-state index in [0.717, 1.165) is 73.9 Å². The molecule has 2 fully saturated rings. The third-order valence-corrected chi connectivity index (χ3v) is 10.2. The van der Waals surface area contributed by atoms with Crippen molar-refractivity contribution in [3.8, 4) is 17.2 Å². The number of anilines is 1. The van der Waals surface area contributed by atoms with E-state index in [-0.39, 0.29) is 44.6 Å². The van der Waals surface area contributed by atoms with Crippen LogP contribution in [0.4, 0.5) is 10.3 Å². The molecule has 1 aromatic heterocycles. The van der Waals surface area contributed by atoms with Gasteiger partial charge in [0.2, 0.25) is 17.6 Å². The molecule has 1 unspecified atom stereocenters. The molecule has 2 N–H and O–H groups in total. The maximum Gasteiger partial charge on any atom is 1.00 e. The van der Waals surface area contributed by atoms with Crippen LogP contribution in [0, 0.1) is 11.2 Å². The van der Waals surface area contributed by atoms with Crippen molar-refractivity contribution in [1.29, 1.82) is 0 Å². The summed E-state index contributed by atoms with van der Waals surface area (Å²) < 4.78 is 32.1. The number of carboxylic acids is 1. The third-order valence-electron chi connectivity index (χ3n) is 10.2. The van der Waals surface area contributed by atoms with E-state index in [1.165, 1.54) is 12.1 Å². The van der Waals surface area contributed by atoms with Gasteiger partial charge in [-0.25, -0.2) is 9.37 Å². The van der Waals surface area contributed by atoms with Crippen LogP contribution in [0.2, 0.25) is 0 Å². The maximum absolute atomic E-state index is 14.3. The number of benzene rings is 3. The number of aliphatic carboxylic acids is 1. The molecule has 4 aromatic rings. The van der Waals surface area contributed by atoms with Gasteiger partial charge in [0.25, 0.3) is 0 Å². The minimum Gasteiger partial charge on any atom is -1.00 e. The van der Waals surface area contributed by atoms with Gasteiger partial charge < -0.3 is 35.9 Å². The summed E-state index contributed by atoms with van der Waals surface area (Å²) in [6, 6.07) is 18.0. The summed E-state index contributed by atoms with van der Waals surface area (Å²) in [6.45, 7) is 3.55. The number of nitrogens with one attached hydrogen (secondary N) is 1. The average molecular weight is 696 g/mol. The molecule has 0 saturated carbocycles. The van der Waals surface area contributed by atoms with Crippen molar-refractivity contribution in [2.24, 2.45) is 5.41 Å². The van der Waals surface area contributed by atoms with Crippen LogP contribution in [0.15, 0.2) is 60.7 Å². The number of fused-ring (bicyclic) bond motifs is 1. The van der Waals surface area contributed by atoms with E-state index in [9.17, 15) is 19.1 Å². The number of likely N-dealkylation sites (tertiary alicyclic amines) is 2. The summed E-state index contributed by atoms with van der Waals surface area (Å²) >= 11 is 0. The number of methoxy groups -OCH3 is 3. The van der Waals surface area contributed by atoms with E-state index >= 15 is 0 Å². The molecular formula is C38H47FLiN5O6. The van der Waals surface area contributed by atoms with Crippen LogP contribution in [-0.2, 0) is 29.1 Å². The number of halogens is 1. The summed E-state index contributed by atoms with van der Waals surface area (Å²) in [5, 5.41) is 13.0. The predicted octanol–water partition coefficient (Wildman–Crippen LogP) is 2.72. The van der Waals surface area contributed by atoms with Gasteiger partial charge in [-0.2, -0.15) is 0 Å². The predicted molar refractivity (Wildman–Crippen MR) is 189 cm³/mol. The van der Waals surface area contributed by atoms with E-state index < -0.39 is 11.4 Å². The van der Waals surface area contributed by atoms with E-state index in [1.54, 1.807) is 38.0 Å². The molecular weight excluding hydrogens is 648 g/mol. The van der Waals surface area contributed by atoms with Gasteiger partial charge in [0.05, 0.1) is 37.8 Å². The van der Waals surface area contributed by atoms with Crippen molar-refractivity contribution in [2.75, 3.05) is 52.8 Å². The molecule has 1 atom stereocenters. The largest absolute Gasteiger partial charge is 1.00 e. The molecule has 2 saturated heterocycles. The second-order valence-electron chi connectivity index (χ2n) is 13.4. The van der Waals surface area contributed by atoms with E-state index in [0.29, 0.717) is 42.7 Å². The van der Waals surface area contributed by atoms with Gasteiger partial charge in [0, 0.05) is 32.2 Å². The summed E-state index contributed by atoms with van der Waals surface area (Å²) in [7, 11) is 4.72. The van der Waals surface area contributed by atoms with Crippen LogP contribution in [-0.4, -0.2) is 89.9 Å². The average Bonchev–Trinajstić information content (AvgIpc) is 3.61. The van der Waals surface area contributed by atoms with E-state index in [4.69, 9.17) is 14.2 Å². The fourth-order valence-corrected chi connectivity index (χ4v) is 7.57. The second kappa shape index (κ2) is 16.8. The van der Waals surface area contributed by atoms with E-state index in [1.807, 2.05) is 41.3 Å². The zero-order valence-electron chi connectivity index (χ0n) is 31.0. The van der Waals surface area contributed by atoms with Gasteiger partial charge >= 0.3 is 24.8 Å². The first-order valence-corrected chi connectivity index (χ1v) is 17.2. The number of hydrogen-bond donors (Lipinski definition) is 2. The fourth-order valence-electron chi connectivity index (χ4n) is 7.57. The van der Waals surface area contributed by atoms with Crippen LogP contribution in [0.5, 0.6) is 17.2 Å². The third kappa shape index (κ3) is 8.63. The van der Waals surface area contributed by atoms with Gasteiger partial charge in [-0.1, -0.05) is 24.3 Å². The Morgan fingerprint density at radius 1 is 1.00 bits per heavy atom. The number of amides is 1. The summed E-state index contributed by atoms with van der Waals surface area (Å²) in [5.41, 5.74) is 2.83. The Bertz CT molecular complexity index is 1790. The summed E-state index contributed by atoms with van der Waals surface area (Å²) in [5.74, 6) is 1.10. The van der Waals surface area contributed by atoms with Crippen LogP contribution < -0.4 is 38.4 Å². The zero-order valence-corrected chi connectivity index (χ0v) is 30.0. The molecule has 11 nitrogen and oxygen atoms in total. The number of para-hydroxylation sites is 2. The zero-order chi connectivity index (χ0) is 35.3. The van der Waals surface area contributed by atoms with Gasteiger partial charge in [0.15, 0.2) is 11.5 Å². The summed E-state index contributed by atoms with van der Waals surface area (Å²) in [6.07, 6.45) is 4.67. The molecule has 3 aromatic carbocycles. The van der Waals surface area contributed by atoms with Crippen LogP contribution in [0.25, 0.3) is 11.0 Å². The molecule has 2 aliphatic rings. The van der Waals surface area contributed by atoms with Gasteiger partial charge in [0.1, 0.15) is 12.4 Å². The normalized spacial score (nSPS) is 18.1. The van der Waals surface area contributed by atoms with Gasteiger partial charge in [-0.15, -0.1) is 0 Å². The fraction of sp³-hybridized carbons (Fsp3) is 0.447. The number of carboxylic acid groups (broad SMARTS) is 1. The molecule has 0 aliphatic carbocycles. The number of carbonyl (C=O) groups is 2. The topological polar surface area (TPSA) is 118 Å². The standard InChI is InChI=1S/C38H46FN5O6.Li.H/c1-48-32-21-27(22-33(49-2)35(32)50-3)24-43-20-16-38(36(43)47,23-26-9-11-28(39)12-10-26)15-6-17-42-18-13-29(14-19-42)40-37-41-30-7-4-5-8-31(30)44(37)25-34(45)46;;/h4-5,7-12,21-22,29H,6,13-20,23-25H2,1-3H3,(H,40,41)(H,45,46);;/q;+1;-1. The first-order chi connectivity index (χ1) is 24.2. The van der Waals surface area contributed by atoms with Crippen molar-refractivity contribution < 1.29 is 53.6 Å². The van der Waals surface area contributed by atoms with Crippen molar-refractivity contribution in [3.05, 3.63) is 77.6 Å². The Hall–Kier alpha value is -4.24. The van der Waals surface area contributed by atoms with Crippen molar-refractivity contribution in [3.63, 3.8) is 0 Å². The van der Waals surface area contributed by atoms with Crippen molar-refractivity contribution in [2.45, 2.75) is 57.7 Å². The maximum atomic E-state index is 14.3. The van der Waals surface area contributed by atoms with Crippen molar-refractivity contribution in [1.82, 2.24) is 19.4 Å². The number of nitrogens with zero attached hydrogens (tertiary/aromatic N) is 4. The van der Waals surface area contributed by atoms with Gasteiger partial charge in [-0.3, -0.25) is 14.2 Å². The van der Waals surface area contributed by atoms with Crippen molar-refractivity contribution >= 4 is 28.9 Å². The minimum absolute atomic E-state index is 0. The number of rotatable bonds is 15. The molecule has 2 aliphatic heterocycles. The Balaban J connectivity index is 0.00000302. The Labute approximate surface area is 311 Å². The molecule has 6 rings (SSSR count). The summed E-state index contributed by atoms with van der Waals surface area (Å²) in [4.78, 5) is 34.9. The Morgan fingerprint density at radius 3 is 2.33 bits per heavy atom. The number of carbonyl (C=O) groups excluding carboxylic acids is 1. The quantitative estimate of drug-likeness (QED) is 0.181. The van der Waals surface area contributed by atoms with Crippen LogP contribution >= 0.6 is 0 Å². The van der Waals surface area contributed by atoms with Crippen LogP contribution in [0.1, 0.15) is 44.7 Å². The Kier molecular flexibility index (Phi) is 12.6. The smallest absolute Gasteiger partial charge is 1.00 e. The number of ether oxygens (including phenoxy) is 3. The van der Waals surface area contributed by atoms with Crippen LogP contribution in [0.3, 0.4) is 0 Å². The molecule has 1 amide bonds. The first-order valence-electron chi connectivity index (χ1n) is 17.2. The number of hydrogen-bond acceptors (Lipinski definition) is 8. The molecule has 0 bridgehead atoms. The molecule has 0 radical (unpaired) electrons. The minimum atomic E-state index is -0.909. The molecule has 13 heteroatoms. The number of imidazole rings is 1. The second-order valence-corrected chi connectivity index (χ2v) is 13.4. The number of aromatic nitrogens is 2. The Morgan fingerprint density at radius 2 is 1.69 bits per heavy atom. The number of piperidine rings is 1. The molecule has 0 spiro atoms. The molecule has 51 heavy (non-hydrogen) atoms. The first kappa shape index (κ1) is 38.0. The molecule has 3 heterocycles. The SMILES string of the molecule is COc1cc(CN2CCC(CCCN3CCC(Nc4nc5ccccc5n4CC(=O)O)CC3)(Cc3ccc(F)cc3)C2=O)cc(OC)c1OC.[H-].[Li+]. The monoisotopic (exact) mass is 695 g/mol. The van der Waals surface area contributed by atoms with Gasteiger partial charge in [-0.05, 0) is 92.6 Å². The molecule has 268 valence electrons.